The van der Waals surface area contributed by atoms with E-state index < -0.39 is 0 Å². The van der Waals surface area contributed by atoms with Gasteiger partial charge >= 0.3 is 0 Å². The third-order valence-corrected chi connectivity index (χ3v) is 3.64. The van der Waals surface area contributed by atoms with E-state index in [-0.39, 0.29) is 11.6 Å². The Labute approximate surface area is 112 Å². The molecule has 0 saturated heterocycles. The third kappa shape index (κ3) is 4.43. The molecule has 1 atom stereocenters. The minimum Gasteiger partial charge on any atom is -0.379 e. The lowest BCUT2D eigenvalue weighted by molar-refractivity contribution is 0.0125. The van der Waals surface area contributed by atoms with Crippen LogP contribution < -0.4 is 5.73 Å². The van der Waals surface area contributed by atoms with Crippen molar-refractivity contribution in [1.29, 1.82) is 0 Å². The van der Waals surface area contributed by atoms with Gasteiger partial charge < -0.3 is 10.5 Å². The van der Waals surface area contributed by atoms with Crippen LogP contribution in [0.15, 0.2) is 24.3 Å². The molecule has 1 aromatic carbocycles. The number of methoxy groups -OCH3 is 1. The minimum absolute atomic E-state index is 0.0878. The summed E-state index contributed by atoms with van der Waals surface area (Å²) in [5, 5.41) is 0. The summed E-state index contributed by atoms with van der Waals surface area (Å²) in [6.07, 6.45) is 1.92. The summed E-state index contributed by atoms with van der Waals surface area (Å²) in [6.45, 7) is 8.61. The van der Waals surface area contributed by atoms with Gasteiger partial charge in [-0.3, -0.25) is 0 Å². The van der Waals surface area contributed by atoms with Crippen LogP contribution in [0.1, 0.15) is 63.6 Å². The molecule has 0 aliphatic carbocycles. The van der Waals surface area contributed by atoms with Gasteiger partial charge in [0.1, 0.15) is 0 Å². The summed E-state index contributed by atoms with van der Waals surface area (Å²) < 4.78 is 5.42. The summed E-state index contributed by atoms with van der Waals surface area (Å²) in [7, 11) is 1.75. The number of benzene rings is 1. The molecule has 0 aromatic heterocycles. The monoisotopic (exact) mass is 249 g/mol. The zero-order valence-corrected chi connectivity index (χ0v) is 12.4. The topological polar surface area (TPSA) is 35.2 Å². The molecule has 1 unspecified atom stereocenters. The summed E-state index contributed by atoms with van der Waals surface area (Å²) in [5.74, 6) is 0.572. The SMILES string of the molecule is COC(C)(C)CCC(N)c1ccc(C(C)C)cc1. The Morgan fingerprint density at radius 1 is 1.11 bits per heavy atom. The van der Waals surface area contributed by atoms with Crippen LogP contribution >= 0.6 is 0 Å². The van der Waals surface area contributed by atoms with Crippen molar-refractivity contribution in [3.8, 4) is 0 Å². The maximum Gasteiger partial charge on any atom is 0.0623 e. The normalized spacial score (nSPS) is 13.9. The molecule has 2 nitrogen and oxygen atoms in total. The molecule has 0 spiro atoms. The van der Waals surface area contributed by atoms with Crippen molar-refractivity contribution in [3.05, 3.63) is 35.4 Å². The second-order valence-electron chi connectivity index (χ2n) is 5.93. The summed E-state index contributed by atoms with van der Waals surface area (Å²) >= 11 is 0. The van der Waals surface area contributed by atoms with Gasteiger partial charge in [-0.15, -0.1) is 0 Å². The molecular weight excluding hydrogens is 222 g/mol. The van der Waals surface area contributed by atoms with Crippen LogP contribution in [0.25, 0.3) is 0 Å². The predicted octanol–water partition coefficient (Wildman–Crippen LogP) is 4.02. The van der Waals surface area contributed by atoms with Crippen LogP contribution in [-0.4, -0.2) is 12.7 Å². The van der Waals surface area contributed by atoms with E-state index in [0.29, 0.717) is 5.92 Å². The molecule has 0 aliphatic rings. The highest BCUT2D eigenvalue weighted by molar-refractivity contribution is 5.26. The van der Waals surface area contributed by atoms with Crippen LogP contribution in [0.3, 0.4) is 0 Å². The van der Waals surface area contributed by atoms with Gasteiger partial charge in [-0.2, -0.15) is 0 Å². The van der Waals surface area contributed by atoms with Gasteiger partial charge in [-0.25, -0.2) is 0 Å². The van der Waals surface area contributed by atoms with Gasteiger partial charge in [0.25, 0.3) is 0 Å². The maximum atomic E-state index is 6.23. The van der Waals surface area contributed by atoms with Gasteiger partial charge in [0.15, 0.2) is 0 Å². The lowest BCUT2D eigenvalue weighted by atomic mass is 9.94. The highest BCUT2D eigenvalue weighted by atomic mass is 16.5. The average Bonchev–Trinajstić information content (AvgIpc) is 2.36. The lowest BCUT2D eigenvalue weighted by Crippen LogP contribution is -2.24. The van der Waals surface area contributed by atoms with Crippen LogP contribution in [-0.2, 0) is 4.74 Å². The molecule has 18 heavy (non-hydrogen) atoms. The molecule has 0 radical (unpaired) electrons. The molecule has 0 amide bonds. The standard InChI is InChI=1S/C16H27NO/c1-12(2)13-6-8-14(9-7-13)15(17)10-11-16(3,4)18-5/h6-9,12,15H,10-11,17H2,1-5H3. The van der Waals surface area contributed by atoms with Crippen molar-refractivity contribution >= 4 is 0 Å². The van der Waals surface area contributed by atoms with E-state index in [2.05, 4.69) is 52.0 Å². The van der Waals surface area contributed by atoms with Crippen LogP contribution in [0.5, 0.6) is 0 Å². The zero-order valence-electron chi connectivity index (χ0n) is 12.4. The lowest BCUT2D eigenvalue weighted by Gasteiger charge is -2.24. The van der Waals surface area contributed by atoms with E-state index in [9.17, 15) is 0 Å². The Morgan fingerprint density at radius 3 is 2.06 bits per heavy atom. The fourth-order valence-electron chi connectivity index (χ4n) is 1.90. The molecule has 102 valence electrons. The van der Waals surface area contributed by atoms with E-state index in [0.717, 1.165) is 12.8 Å². The predicted molar refractivity (Wildman–Crippen MR) is 77.8 cm³/mol. The van der Waals surface area contributed by atoms with Crippen LogP contribution in [0.4, 0.5) is 0 Å². The largest absolute Gasteiger partial charge is 0.379 e. The van der Waals surface area contributed by atoms with Crippen LogP contribution in [0, 0.1) is 0 Å². The molecule has 0 bridgehead atoms. The fourth-order valence-corrected chi connectivity index (χ4v) is 1.90. The van der Waals surface area contributed by atoms with Crippen molar-refractivity contribution in [3.63, 3.8) is 0 Å². The van der Waals surface area contributed by atoms with Crippen molar-refractivity contribution in [2.75, 3.05) is 7.11 Å². The summed E-state index contributed by atoms with van der Waals surface area (Å²) in [6, 6.07) is 8.77. The molecule has 1 aromatic rings. The number of nitrogens with two attached hydrogens (primary N) is 1. The molecule has 1 rings (SSSR count). The molecule has 0 aliphatic heterocycles. The van der Waals surface area contributed by atoms with E-state index in [1.165, 1.54) is 11.1 Å². The molecule has 0 saturated carbocycles. The Bertz CT molecular complexity index is 354. The first-order chi connectivity index (χ1) is 8.35. The first kappa shape index (κ1) is 15.2. The maximum absolute atomic E-state index is 6.23. The zero-order chi connectivity index (χ0) is 13.8. The number of rotatable bonds is 6. The van der Waals surface area contributed by atoms with Gasteiger partial charge in [0, 0.05) is 13.2 Å². The van der Waals surface area contributed by atoms with Gasteiger partial charge in [-0.05, 0) is 43.7 Å². The summed E-state index contributed by atoms with van der Waals surface area (Å²) in [5.41, 5.74) is 8.72. The Kier molecular flexibility index (Phi) is 5.36. The first-order valence-electron chi connectivity index (χ1n) is 6.76. The van der Waals surface area contributed by atoms with Crippen molar-refractivity contribution in [1.82, 2.24) is 0 Å². The quantitative estimate of drug-likeness (QED) is 0.826. The molecule has 2 N–H and O–H groups in total. The van der Waals surface area contributed by atoms with E-state index >= 15 is 0 Å². The minimum atomic E-state index is -0.0878. The van der Waals surface area contributed by atoms with Gasteiger partial charge in [0.05, 0.1) is 5.60 Å². The first-order valence-corrected chi connectivity index (χ1v) is 6.76. The van der Waals surface area contributed by atoms with Gasteiger partial charge in [-0.1, -0.05) is 38.1 Å². The summed E-state index contributed by atoms with van der Waals surface area (Å²) in [4.78, 5) is 0. The van der Waals surface area contributed by atoms with Crippen LogP contribution in [0.2, 0.25) is 0 Å². The Morgan fingerprint density at radius 2 is 1.61 bits per heavy atom. The second kappa shape index (κ2) is 6.35. The number of hydrogen-bond donors (Lipinski definition) is 1. The molecule has 0 fully saturated rings. The van der Waals surface area contributed by atoms with E-state index in [1.54, 1.807) is 7.11 Å². The molecular formula is C16H27NO. The molecule has 2 heteroatoms. The van der Waals surface area contributed by atoms with Crippen molar-refractivity contribution < 1.29 is 4.74 Å². The average molecular weight is 249 g/mol. The molecule has 0 heterocycles. The highest BCUT2D eigenvalue weighted by Gasteiger charge is 2.18. The second-order valence-corrected chi connectivity index (χ2v) is 5.93. The van der Waals surface area contributed by atoms with Crippen molar-refractivity contribution in [2.24, 2.45) is 5.73 Å². The number of ether oxygens (including phenoxy) is 1. The smallest absolute Gasteiger partial charge is 0.0623 e. The van der Waals surface area contributed by atoms with Crippen molar-refractivity contribution in [2.45, 2.75) is 58.1 Å². The highest BCUT2D eigenvalue weighted by Crippen LogP contribution is 2.24. The Hall–Kier alpha value is -0.860. The Balaban J connectivity index is 2.59. The van der Waals surface area contributed by atoms with Gasteiger partial charge in [0.2, 0.25) is 0 Å². The third-order valence-electron chi connectivity index (χ3n) is 3.64. The van der Waals surface area contributed by atoms with E-state index in [1.807, 2.05) is 0 Å². The number of hydrogen-bond acceptors (Lipinski definition) is 2. The van der Waals surface area contributed by atoms with E-state index in [4.69, 9.17) is 10.5 Å². The fraction of sp³-hybridized carbons (Fsp3) is 0.625.